The molecule has 0 radical (unpaired) electrons. The fraction of sp³-hybridized carbons (Fsp3) is 0.364. The summed E-state index contributed by atoms with van der Waals surface area (Å²) in [6.07, 6.45) is 1.55. The molecule has 1 aromatic carbocycles. The van der Waals surface area contributed by atoms with Gasteiger partial charge in [0.2, 0.25) is 15.9 Å². The Labute approximate surface area is 181 Å². The molecule has 0 bridgehead atoms. The van der Waals surface area contributed by atoms with Gasteiger partial charge < -0.3 is 4.90 Å². The predicted octanol–water partition coefficient (Wildman–Crippen LogP) is 3.43. The first kappa shape index (κ1) is 21.0. The number of nitrogens with zero attached hydrogens (tertiary/aromatic N) is 2. The maximum atomic E-state index is 12.9. The minimum Gasteiger partial charge on any atom is -0.342 e. The molecule has 1 aliphatic rings. The van der Waals surface area contributed by atoms with E-state index < -0.39 is 10.0 Å². The first-order valence-electron chi connectivity index (χ1n) is 10.0. The minimum absolute atomic E-state index is 0.0674. The van der Waals surface area contributed by atoms with Crippen LogP contribution < -0.4 is 4.72 Å². The molecular weight excluding hydrogens is 418 g/mol. The zero-order chi connectivity index (χ0) is 21.3. The predicted molar refractivity (Wildman–Crippen MR) is 119 cm³/mol. The van der Waals surface area contributed by atoms with E-state index in [1.165, 1.54) is 11.3 Å². The Balaban J connectivity index is 1.40. The normalized spacial score (nSPS) is 15.6. The van der Waals surface area contributed by atoms with Crippen molar-refractivity contribution in [2.24, 2.45) is 0 Å². The third-order valence-corrected chi connectivity index (χ3v) is 8.66. The molecule has 30 heavy (non-hydrogen) atoms. The van der Waals surface area contributed by atoms with E-state index >= 15 is 0 Å². The van der Waals surface area contributed by atoms with Crippen molar-refractivity contribution in [3.05, 3.63) is 58.6 Å². The Bertz CT molecular complexity index is 1170. The number of piperidine rings is 1. The van der Waals surface area contributed by atoms with Gasteiger partial charge in [0, 0.05) is 30.2 Å². The second kappa shape index (κ2) is 8.45. The molecule has 1 saturated heterocycles. The summed E-state index contributed by atoms with van der Waals surface area (Å²) in [5.41, 5.74) is 3.92. The summed E-state index contributed by atoms with van der Waals surface area (Å²) in [7, 11) is -3.48. The third-order valence-electron chi connectivity index (χ3n) is 5.74. The monoisotopic (exact) mass is 443 g/mol. The average molecular weight is 444 g/mol. The fourth-order valence-corrected chi connectivity index (χ4v) is 6.35. The number of carbonyl (C=O) groups excluding carboxylic acids is 1. The lowest BCUT2D eigenvalue weighted by Gasteiger charge is -2.32. The molecule has 0 spiro atoms. The molecule has 4 rings (SSSR count). The molecule has 1 aliphatic heterocycles. The number of likely N-dealkylation sites (tertiary alicyclic amines) is 1. The molecule has 2 aromatic heterocycles. The number of aryl methyl sites for hydroxylation is 2. The number of carbonyl (C=O) groups is 1. The molecule has 6 nitrogen and oxygen atoms in total. The van der Waals surface area contributed by atoms with Gasteiger partial charge in [-0.2, -0.15) is 0 Å². The summed E-state index contributed by atoms with van der Waals surface area (Å²) in [5, 5.41) is 2.83. The van der Waals surface area contributed by atoms with E-state index in [-0.39, 0.29) is 11.9 Å². The maximum absolute atomic E-state index is 12.9. The number of hydrogen-bond acceptors (Lipinski definition) is 5. The number of amides is 1. The van der Waals surface area contributed by atoms with E-state index in [1.54, 1.807) is 17.5 Å². The van der Waals surface area contributed by atoms with Crippen LogP contribution in [0.1, 0.15) is 29.7 Å². The van der Waals surface area contributed by atoms with Crippen LogP contribution in [0.2, 0.25) is 0 Å². The van der Waals surface area contributed by atoms with Gasteiger partial charge >= 0.3 is 0 Å². The van der Waals surface area contributed by atoms with Gasteiger partial charge in [-0.25, -0.2) is 13.1 Å². The summed E-state index contributed by atoms with van der Waals surface area (Å²) in [4.78, 5) is 19.5. The van der Waals surface area contributed by atoms with Crippen LogP contribution >= 0.6 is 11.3 Å². The van der Waals surface area contributed by atoms with E-state index in [1.807, 2.05) is 43.0 Å². The average Bonchev–Trinajstić information content (AvgIpc) is 3.27. The third kappa shape index (κ3) is 4.26. The lowest BCUT2D eigenvalue weighted by Crippen LogP contribution is -2.46. The second-order valence-electron chi connectivity index (χ2n) is 7.70. The molecule has 3 aromatic rings. The molecule has 0 unspecified atom stereocenters. The number of nitrogens with one attached hydrogen (secondary N) is 1. The lowest BCUT2D eigenvalue weighted by molar-refractivity contribution is -0.131. The molecule has 0 saturated carbocycles. The second-order valence-corrected chi connectivity index (χ2v) is 10.6. The zero-order valence-corrected chi connectivity index (χ0v) is 18.7. The van der Waals surface area contributed by atoms with E-state index in [0.717, 1.165) is 27.7 Å². The van der Waals surface area contributed by atoms with Gasteiger partial charge in [0.15, 0.2) is 0 Å². The molecule has 0 atom stereocenters. The number of benzene rings is 1. The number of para-hydroxylation sites is 1. The van der Waals surface area contributed by atoms with Crippen molar-refractivity contribution in [1.82, 2.24) is 14.6 Å². The van der Waals surface area contributed by atoms with Crippen LogP contribution in [0.3, 0.4) is 0 Å². The number of hydrogen-bond donors (Lipinski definition) is 1. The highest BCUT2D eigenvalue weighted by molar-refractivity contribution is 7.91. The Morgan fingerprint density at radius 2 is 1.90 bits per heavy atom. The summed E-state index contributed by atoms with van der Waals surface area (Å²) in [6.45, 7) is 5.10. The fourth-order valence-electron chi connectivity index (χ4n) is 4.03. The van der Waals surface area contributed by atoms with Crippen molar-refractivity contribution in [1.29, 1.82) is 0 Å². The zero-order valence-electron chi connectivity index (χ0n) is 17.1. The van der Waals surface area contributed by atoms with Gasteiger partial charge in [-0.3, -0.25) is 9.78 Å². The van der Waals surface area contributed by atoms with Crippen molar-refractivity contribution in [3.63, 3.8) is 0 Å². The number of rotatable bonds is 5. The number of pyridine rings is 1. The van der Waals surface area contributed by atoms with Crippen molar-refractivity contribution >= 4 is 38.2 Å². The largest absolute Gasteiger partial charge is 0.342 e. The van der Waals surface area contributed by atoms with Crippen molar-refractivity contribution in [3.8, 4) is 0 Å². The highest BCUT2D eigenvalue weighted by atomic mass is 32.2. The molecule has 158 valence electrons. The van der Waals surface area contributed by atoms with Crippen molar-refractivity contribution < 1.29 is 13.2 Å². The van der Waals surface area contributed by atoms with Crippen molar-refractivity contribution in [2.75, 3.05) is 13.1 Å². The lowest BCUT2D eigenvalue weighted by atomic mass is 9.98. The molecular formula is C22H25N3O3S2. The summed E-state index contributed by atoms with van der Waals surface area (Å²) in [5.74, 6) is 0.0674. The van der Waals surface area contributed by atoms with Crippen LogP contribution in [0.25, 0.3) is 10.9 Å². The summed E-state index contributed by atoms with van der Waals surface area (Å²) in [6, 6.07) is 11.2. The van der Waals surface area contributed by atoms with Gasteiger partial charge in [-0.15, -0.1) is 11.3 Å². The van der Waals surface area contributed by atoms with Gasteiger partial charge in [-0.05, 0) is 55.3 Å². The number of thiophene rings is 1. The van der Waals surface area contributed by atoms with Gasteiger partial charge in [0.1, 0.15) is 4.21 Å². The van der Waals surface area contributed by atoms with Crippen LogP contribution in [0.4, 0.5) is 0 Å². The maximum Gasteiger partial charge on any atom is 0.250 e. The van der Waals surface area contributed by atoms with E-state index in [0.29, 0.717) is 36.6 Å². The van der Waals surface area contributed by atoms with Crippen LogP contribution in [0, 0.1) is 13.8 Å². The molecule has 3 heterocycles. The summed E-state index contributed by atoms with van der Waals surface area (Å²) < 4.78 is 27.9. The molecule has 1 N–H and O–H groups in total. The first-order chi connectivity index (χ1) is 14.3. The number of fused-ring (bicyclic) bond motifs is 1. The van der Waals surface area contributed by atoms with E-state index in [2.05, 4.69) is 9.71 Å². The van der Waals surface area contributed by atoms with E-state index in [4.69, 9.17) is 0 Å². The Hall–Kier alpha value is -2.29. The summed E-state index contributed by atoms with van der Waals surface area (Å²) >= 11 is 1.21. The minimum atomic E-state index is -3.48. The molecule has 0 aliphatic carbocycles. The van der Waals surface area contributed by atoms with Crippen LogP contribution in [-0.4, -0.2) is 43.3 Å². The van der Waals surface area contributed by atoms with Gasteiger partial charge in [0.05, 0.1) is 11.9 Å². The topological polar surface area (TPSA) is 79.4 Å². The molecule has 1 fully saturated rings. The quantitative estimate of drug-likeness (QED) is 0.655. The highest BCUT2D eigenvalue weighted by Crippen LogP contribution is 2.24. The molecule has 8 heteroatoms. The first-order valence-corrected chi connectivity index (χ1v) is 12.4. The van der Waals surface area contributed by atoms with E-state index in [9.17, 15) is 13.2 Å². The van der Waals surface area contributed by atoms with Gasteiger partial charge in [0.25, 0.3) is 0 Å². The van der Waals surface area contributed by atoms with Crippen LogP contribution in [-0.2, 0) is 21.2 Å². The molecule has 1 amide bonds. The number of sulfonamides is 1. The standard InChI is InChI=1S/C22H25N3O3S2/c1-15-18-6-3-4-7-20(18)23-16(2)19(15)14-21(26)25-11-9-17(10-12-25)24-30(27,28)22-8-5-13-29-22/h3-8,13,17,24H,9-12,14H2,1-2H3. The Morgan fingerprint density at radius 1 is 1.17 bits per heavy atom. The number of aromatic nitrogens is 1. The Morgan fingerprint density at radius 3 is 2.60 bits per heavy atom. The SMILES string of the molecule is Cc1nc2ccccc2c(C)c1CC(=O)N1CCC(NS(=O)(=O)c2cccs2)CC1. The van der Waals surface area contributed by atoms with Gasteiger partial charge in [-0.1, -0.05) is 24.3 Å². The highest BCUT2D eigenvalue weighted by Gasteiger charge is 2.27. The smallest absolute Gasteiger partial charge is 0.250 e. The van der Waals surface area contributed by atoms with Crippen LogP contribution in [0.15, 0.2) is 46.0 Å². The van der Waals surface area contributed by atoms with Crippen LogP contribution in [0.5, 0.6) is 0 Å². The van der Waals surface area contributed by atoms with Crippen molar-refractivity contribution in [2.45, 2.75) is 43.4 Å². The Kier molecular flexibility index (Phi) is 5.90.